The third kappa shape index (κ3) is 4.34. The lowest BCUT2D eigenvalue weighted by Gasteiger charge is -1.95. The molecular weight excluding hydrogens is 264 g/mol. The Bertz CT molecular complexity index is 699. The highest BCUT2D eigenvalue weighted by atomic mass is 16.4. The second-order valence-corrected chi connectivity index (χ2v) is 4.38. The van der Waals surface area contributed by atoms with Gasteiger partial charge in [-0.2, -0.15) is 0 Å². The quantitative estimate of drug-likeness (QED) is 0.849. The summed E-state index contributed by atoms with van der Waals surface area (Å²) >= 11 is 0. The molecule has 0 radical (unpaired) electrons. The zero-order chi connectivity index (χ0) is 15.1. The fourth-order valence-electron chi connectivity index (χ4n) is 1.69. The van der Waals surface area contributed by atoms with E-state index in [9.17, 15) is 4.79 Å². The van der Waals surface area contributed by atoms with Gasteiger partial charge in [0.25, 0.3) is 0 Å². The highest BCUT2D eigenvalue weighted by molar-refractivity contribution is 5.87. The van der Waals surface area contributed by atoms with Gasteiger partial charge in [0.15, 0.2) is 0 Å². The molecule has 0 spiro atoms. The SMILES string of the molecule is O=C(O)c1ccc(C#CC=Cc2ccc(CO)cc2)cc1. The van der Waals surface area contributed by atoms with Crippen molar-refractivity contribution in [2.75, 3.05) is 0 Å². The maximum absolute atomic E-state index is 10.7. The third-order valence-electron chi connectivity index (χ3n) is 2.87. The molecule has 2 rings (SSSR count). The van der Waals surface area contributed by atoms with Crippen molar-refractivity contribution in [1.29, 1.82) is 0 Å². The molecule has 0 saturated heterocycles. The largest absolute Gasteiger partial charge is 0.478 e. The van der Waals surface area contributed by atoms with E-state index in [2.05, 4.69) is 11.8 Å². The summed E-state index contributed by atoms with van der Waals surface area (Å²) in [6.45, 7) is 0.0378. The smallest absolute Gasteiger partial charge is 0.335 e. The van der Waals surface area contributed by atoms with Crippen LogP contribution in [0.1, 0.15) is 27.0 Å². The van der Waals surface area contributed by atoms with Crippen LogP contribution in [0.2, 0.25) is 0 Å². The van der Waals surface area contributed by atoms with Crippen molar-refractivity contribution in [3.63, 3.8) is 0 Å². The Morgan fingerprint density at radius 1 is 1.05 bits per heavy atom. The molecule has 104 valence electrons. The fraction of sp³-hybridized carbons (Fsp3) is 0.0556. The van der Waals surface area contributed by atoms with E-state index < -0.39 is 5.97 Å². The third-order valence-corrected chi connectivity index (χ3v) is 2.87. The van der Waals surface area contributed by atoms with Gasteiger partial charge in [-0.05, 0) is 47.5 Å². The molecule has 0 amide bonds. The molecule has 0 aromatic heterocycles. The Morgan fingerprint density at radius 3 is 2.29 bits per heavy atom. The minimum absolute atomic E-state index is 0.0378. The zero-order valence-electron chi connectivity index (χ0n) is 11.3. The molecule has 0 saturated carbocycles. The molecule has 2 aromatic carbocycles. The molecule has 0 aliphatic rings. The molecule has 3 heteroatoms. The van der Waals surface area contributed by atoms with E-state index in [1.807, 2.05) is 30.3 Å². The average molecular weight is 278 g/mol. The molecule has 0 aliphatic carbocycles. The van der Waals surface area contributed by atoms with Gasteiger partial charge in [0.05, 0.1) is 12.2 Å². The van der Waals surface area contributed by atoms with Crippen LogP contribution in [0.3, 0.4) is 0 Å². The summed E-state index contributed by atoms with van der Waals surface area (Å²) in [6.07, 6.45) is 3.61. The first-order valence-electron chi connectivity index (χ1n) is 6.40. The number of rotatable bonds is 3. The monoisotopic (exact) mass is 278 g/mol. The van der Waals surface area contributed by atoms with Gasteiger partial charge in [-0.15, -0.1) is 0 Å². The van der Waals surface area contributed by atoms with Crippen molar-refractivity contribution in [1.82, 2.24) is 0 Å². The Labute approximate surface area is 123 Å². The van der Waals surface area contributed by atoms with Gasteiger partial charge < -0.3 is 10.2 Å². The van der Waals surface area contributed by atoms with Crippen LogP contribution in [0.4, 0.5) is 0 Å². The molecule has 2 N–H and O–H groups in total. The van der Waals surface area contributed by atoms with Gasteiger partial charge in [-0.1, -0.05) is 36.1 Å². The molecule has 2 aromatic rings. The number of hydrogen-bond donors (Lipinski definition) is 2. The number of aromatic carboxylic acids is 1. The van der Waals surface area contributed by atoms with Gasteiger partial charge in [-0.25, -0.2) is 4.79 Å². The number of aliphatic hydroxyl groups is 1. The van der Waals surface area contributed by atoms with Crippen LogP contribution in [0.25, 0.3) is 6.08 Å². The maximum atomic E-state index is 10.7. The first kappa shape index (κ1) is 14.6. The molecule has 3 nitrogen and oxygen atoms in total. The number of carbonyl (C=O) groups is 1. The minimum Gasteiger partial charge on any atom is -0.478 e. The van der Waals surface area contributed by atoms with E-state index in [1.54, 1.807) is 18.2 Å². The summed E-state index contributed by atoms with van der Waals surface area (Å²) in [5, 5.41) is 17.7. The topological polar surface area (TPSA) is 57.5 Å². The maximum Gasteiger partial charge on any atom is 0.335 e. The van der Waals surface area contributed by atoms with E-state index >= 15 is 0 Å². The fourth-order valence-corrected chi connectivity index (χ4v) is 1.69. The zero-order valence-corrected chi connectivity index (χ0v) is 11.3. The van der Waals surface area contributed by atoms with Crippen LogP contribution >= 0.6 is 0 Å². The van der Waals surface area contributed by atoms with E-state index in [0.29, 0.717) is 0 Å². The predicted molar refractivity (Wildman–Crippen MR) is 81.7 cm³/mol. The molecule has 0 bridgehead atoms. The normalized spacial score (nSPS) is 10.1. The lowest BCUT2D eigenvalue weighted by atomic mass is 10.1. The molecule has 0 heterocycles. The van der Waals surface area contributed by atoms with Crippen molar-refractivity contribution in [2.24, 2.45) is 0 Å². The second kappa shape index (κ2) is 7.09. The van der Waals surface area contributed by atoms with Crippen molar-refractivity contribution < 1.29 is 15.0 Å². The summed E-state index contributed by atoms with van der Waals surface area (Å²) in [5.41, 5.74) is 2.89. The van der Waals surface area contributed by atoms with Crippen molar-refractivity contribution in [3.8, 4) is 11.8 Å². The van der Waals surface area contributed by atoms with E-state index in [-0.39, 0.29) is 12.2 Å². The summed E-state index contributed by atoms with van der Waals surface area (Å²) in [7, 11) is 0. The Hall–Kier alpha value is -2.83. The second-order valence-electron chi connectivity index (χ2n) is 4.38. The van der Waals surface area contributed by atoms with Crippen LogP contribution in [0.15, 0.2) is 54.6 Å². The standard InChI is InChI=1S/C18H14O3/c19-13-16-7-5-14(6-8-16)3-1-2-4-15-9-11-17(12-10-15)18(20)21/h1,3,5-12,19H,13H2,(H,20,21). The van der Waals surface area contributed by atoms with Crippen molar-refractivity contribution in [3.05, 3.63) is 76.9 Å². The minimum atomic E-state index is -0.944. The summed E-state index contributed by atoms with van der Waals surface area (Å²) in [5.74, 6) is 4.89. The lowest BCUT2D eigenvalue weighted by Crippen LogP contribution is -1.94. The van der Waals surface area contributed by atoms with Gasteiger partial charge in [0, 0.05) is 5.56 Å². The Balaban J connectivity index is 2.01. The average Bonchev–Trinajstić information content (AvgIpc) is 2.52. The van der Waals surface area contributed by atoms with E-state index in [4.69, 9.17) is 10.2 Å². The molecule has 0 unspecified atom stereocenters. The van der Waals surface area contributed by atoms with Gasteiger partial charge in [0.1, 0.15) is 0 Å². The van der Waals surface area contributed by atoms with Crippen molar-refractivity contribution in [2.45, 2.75) is 6.61 Å². The van der Waals surface area contributed by atoms with Crippen LogP contribution in [-0.2, 0) is 6.61 Å². The number of hydrogen-bond acceptors (Lipinski definition) is 2. The predicted octanol–water partition coefficient (Wildman–Crippen LogP) is 2.94. The Kier molecular flexibility index (Phi) is 4.92. The lowest BCUT2D eigenvalue weighted by molar-refractivity contribution is 0.0697. The van der Waals surface area contributed by atoms with Gasteiger partial charge in [-0.3, -0.25) is 0 Å². The van der Waals surface area contributed by atoms with Crippen molar-refractivity contribution >= 4 is 12.0 Å². The first-order valence-corrected chi connectivity index (χ1v) is 6.40. The van der Waals surface area contributed by atoms with E-state index in [0.717, 1.165) is 16.7 Å². The summed E-state index contributed by atoms with van der Waals surface area (Å²) in [6, 6.07) is 14.0. The van der Waals surface area contributed by atoms with Crippen LogP contribution < -0.4 is 0 Å². The van der Waals surface area contributed by atoms with Crippen LogP contribution in [0.5, 0.6) is 0 Å². The number of aliphatic hydroxyl groups excluding tert-OH is 1. The Morgan fingerprint density at radius 2 is 1.71 bits per heavy atom. The summed E-state index contributed by atoms with van der Waals surface area (Å²) < 4.78 is 0. The number of benzene rings is 2. The molecule has 0 atom stereocenters. The number of allylic oxidation sites excluding steroid dienone is 1. The van der Waals surface area contributed by atoms with Gasteiger partial charge in [0.2, 0.25) is 0 Å². The molecule has 21 heavy (non-hydrogen) atoms. The van der Waals surface area contributed by atoms with E-state index in [1.165, 1.54) is 12.1 Å². The van der Waals surface area contributed by atoms with Gasteiger partial charge >= 0.3 is 5.97 Å². The molecule has 0 aliphatic heterocycles. The van der Waals surface area contributed by atoms with Crippen LogP contribution in [0, 0.1) is 11.8 Å². The number of carboxylic acids is 1. The highest BCUT2D eigenvalue weighted by Gasteiger charge is 1.99. The van der Waals surface area contributed by atoms with Crippen LogP contribution in [-0.4, -0.2) is 16.2 Å². The number of carboxylic acid groups (broad SMARTS) is 1. The molecular formula is C18H14O3. The summed E-state index contributed by atoms with van der Waals surface area (Å²) in [4.78, 5) is 10.7. The first-order chi connectivity index (χ1) is 10.2. The highest BCUT2D eigenvalue weighted by Crippen LogP contribution is 2.06. The molecule has 0 fully saturated rings.